The number of anilines is 1. The van der Waals surface area contributed by atoms with Gasteiger partial charge in [-0.3, -0.25) is 4.79 Å². The number of nitrogens with zero attached hydrogens (tertiary/aromatic N) is 1. The van der Waals surface area contributed by atoms with Gasteiger partial charge in [0, 0.05) is 22.7 Å². The van der Waals surface area contributed by atoms with Crippen molar-refractivity contribution in [3.63, 3.8) is 0 Å². The molecule has 22 heavy (non-hydrogen) atoms. The van der Waals surface area contributed by atoms with E-state index in [1.54, 1.807) is 6.07 Å². The second-order valence-electron chi connectivity index (χ2n) is 7.88. The molecule has 0 spiro atoms. The number of halogens is 2. The molecule has 1 aromatic rings. The summed E-state index contributed by atoms with van der Waals surface area (Å²) < 4.78 is 0.907. The summed E-state index contributed by atoms with van der Waals surface area (Å²) in [5, 5.41) is 0. The van der Waals surface area contributed by atoms with Crippen molar-refractivity contribution in [3.8, 4) is 0 Å². The van der Waals surface area contributed by atoms with E-state index in [9.17, 15) is 4.79 Å². The highest BCUT2D eigenvalue weighted by molar-refractivity contribution is 9.10. The van der Waals surface area contributed by atoms with Gasteiger partial charge >= 0.3 is 0 Å². The molecule has 2 fully saturated rings. The van der Waals surface area contributed by atoms with E-state index in [4.69, 9.17) is 5.73 Å². The predicted molar refractivity (Wildman–Crippen MR) is 96.4 cm³/mol. The lowest BCUT2D eigenvalue weighted by atomic mass is 9.65. The molecule has 2 aliphatic rings. The van der Waals surface area contributed by atoms with Crippen molar-refractivity contribution in [1.82, 2.24) is 4.90 Å². The molecule has 2 unspecified atom stereocenters. The number of nitrogens with two attached hydrogens (primary N) is 1. The van der Waals surface area contributed by atoms with E-state index in [-0.39, 0.29) is 23.7 Å². The van der Waals surface area contributed by atoms with E-state index < -0.39 is 0 Å². The molecular formula is C17H24BrClN2O. The lowest BCUT2D eigenvalue weighted by Gasteiger charge is -2.39. The number of hydrogen-bond acceptors (Lipinski definition) is 2. The summed E-state index contributed by atoms with van der Waals surface area (Å²) in [7, 11) is 0. The summed E-state index contributed by atoms with van der Waals surface area (Å²) in [6, 6.07) is 5.88. The second kappa shape index (κ2) is 5.72. The van der Waals surface area contributed by atoms with E-state index in [2.05, 4.69) is 41.6 Å². The largest absolute Gasteiger partial charge is 0.398 e. The monoisotopic (exact) mass is 386 g/mol. The van der Waals surface area contributed by atoms with Crippen LogP contribution in [0.1, 0.15) is 50.4 Å². The number of amides is 1. The van der Waals surface area contributed by atoms with Crippen LogP contribution in [0, 0.1) is 10.8 Å². The number of carbonyl (C=O) groups is 1. The van der Waals surface area contributed by atoms with Crippen LogP contribution in [0.3, 0.4) is 0 Å². The van der Waals surface area contributed by atoms with Gasteiger partial charge in [-0.25, -0.2) is 0 Å². The number of nitrogen functional groups attached to an aromatic ring is 1. The number of rotatable bonds is 1. The lowest BCUT2D eigenvalue weighted by molar-refractivity contribution is 0.0709. The van der Waals surface area contributed by atoms with Crippen molar-refractivity contribution in [3.05, 3.63) is 28.2 Å². The summed E-state index contributed by atoms with van der Waals surface area (Å²) in [6.07, 6.45) is 3.40. The second-order valence-corrected chi connectivity index (χ2v) is 8.79. The van der Waals surface area contributed by atoms with Gasteiger partial charge in [-0.15, -0.1) is 12.4 Å². The van der Waals surface area contributed by atoms with Gasteiger partial charge in [0.15, 0.2) is 0 Å². The molecular weight excluding hydrogens is 364 g/mol. The third kappa shape index (κ3) is 3.13. The Labute approximate surface area is 147 Å². The zero-order valence-electron chi connectivity index (χ0n) is 13.4. The smallest absolute Gasteiger partial charge is 0.256 e. The number of fused-ring (bicyclic) bond motifs is 2. The third-order valence-corrected chi connectivity index (χ3v) is 5.41. The van der Waals surface area contributed by atoms with Gasteiger partial charge in [0.1, 0.15) is 0 Å². The number of hydrogen-bond donors (Lipinski definition) is 1. The fourth-order valence-electron chi connectivity index (χ4n) is 4.58. The van der Waals surface area contributed by atoms with Gasteiger partial charge in [0.05, 0.1) is 5.56 Å². The maximum absolute atomic E-state index is 12.9. The van der Waals surface area contributed by atoms with Crippen LogP contribution in [-0.4, -0.2) is 23.4 Å². The van der Waals surface area contributed by atoms with Gasteiger partial charge in [-0.1, -0.05) is 36.7 Å². The Morgan fingerprint density at radius 3 is 2.64 bits per heavy atom. The van der Waals surface area contributed by atoms with E-state index in [0.29, 0.717) is 22.7 Å². The first-order valence-electron chi connectivity index (χ1n) is 7.55. The highest BCUT2D eigenvalue weighted by Gasteiger charge is 2.51. The minimum atomic E-state index is 0. The fraction of sp³-hybridized carbons (Fsp3) is 0.588. The van der Waals surface area contributed by atoms with Gasteiger partial charge < -0.3 is 10.6 Å². The van der Waals surface area contributed by atoms with Crippen LogP contribution in [0.15, 0.2) is 22.7 Å². The molecule has 1 aromatic carbocycles. The van der Waals surface area contributed by atoms with Crippen LogP contribution in [0.5, 0.6) is 0 Å². The van der Waals surface area contributed by atoms with Gasteiger partial charge in [-0.05, 0) is 48.3 Å². The standard InChI is InChI=1S/C17H23BrN2O.ClH/c1-16(2)7-12-8-17(3,9-16)10-20(12)15(21)13-5-4-11(18)6-14(13)19;/h4-6,12H,7-10,19H2,1-3H3;1H. The topological polar surface area (TPSA) is 46.3 Å². The summed E-state index contributed by atoms with van der Waals surface area (Å²) in [5.41, 5.74) is 7.80. The SMILES string of the molecule is CC1(C)CC2CC(C)(CN2C(=O)c2ccc(Br)cc2N)C1.Cl. The molecule has 1 amide bonds. The highest BCUT2D eigenvalue weighted by atomic mass is 79.9. The molecule has 2 atom stereocenters. The van der Waals surface area contributed by atoms with E-state index in [1.165, 1.54) is 6.42 Å². The summed E-state index contributed by atoms with van der Waals surface area (Å²) >= 11 is 3.39. The minimum absolute atomic E-state index is 0. The van der Waals surface area contributed by atoms with Crippen molar-refractivity contribution in [1.29, 1.82) is 0 Å². The molecule has 5 heteroatoms. The molecule has 3 rings (SSSR count). The molecule has 1 aliphatic heterocycles. The normalized spacial score (nSPS) is 29.1. The van der Waals surface area contributed by atoms with Crippen molar-refractivity contribution in [2.75, 3.05) is 12.3 Å². The Morgan fingerprint density at radius 2 is 2.00 bits per heavy atom. The Bertz CT molecular complexity index is 604. The van der Waals surface area contributed by atoms with Crippen LogP contribution in [0.2, 0.25) is 0 Å². The molecule has 2 bridgehead atoms. The van der Waals surface area contributed by atoms with E-state index >= 15 is 0 Å². The molecule has 122 valence electrons. The molecule has 0 radical (unpaired) electrons. The van der Waals surface area contributed by atoms with Gasteiger partial charge in [-0.2, -0.15) is 0 Å². The lowest BCUT2D eigenvalue weighted by Crippen LogP contribution is -2.38. The average molecular weight is 388 g/mol. The van der Waals surface area contributed by atoms with Crippen LogP contribution in [0.25, 0.3) is 0 Å². The van der Waals surface area contributed by atoms with E-state index in [0.717, 1.165) is 23.9 Å². The average Bonchev–Trinajstić information content (AvgIpc) is 2.57. The Balaban J connectivity index is 0.00000176. The number of benzene rings is 1. The molecule has 1 heterocycles. The molecule has 3 nitrogen and oxygen atoms in total. The fourth-order valence-corrected chi connectivity index (χ4v) is 4.96. The van der Waals surface area contributed by atoms with Gasteiger partial charge in [0.2, 0.25) is 0 Å². The maximum atomic E-state index is 12.9. The predicted octanol–water partition coefficient (Wildman–Crippen LogP) is 4.49. The molecule has 1 saturated heterocycles. The first-order valence-corrected chi connectivity index (χ1v) is 8.35. The van der Waals surface area contributed by atoms with Crippen molar-refractivity contribution in [2.45, 2.75) is 46.1 Å². The zero-order valence-corrected chi connectivity index (χ0v) is 15.8. The van der Waals surface area contributed by atoms with Gasteiger partial charge in [0.25, 0.3) is 5.91 Å². The maximum Gasteiger partial charge on any atom is 0.256 e. The summed E-state index contributed by atoms with van der Waals surface area (Å²) in [6.45, 7) is 7.81. The quantitative estimate of drug-likeness (QED) is 0.721. The third-order valence-electron chi connectivity index (χ3n) is 4.92. The van der Waals surface area contributed by atoms with Crippen molar-refractivity contribution in [2.24, 2.45) is 10.8 Å². The first-order chi connectivity index (χ1) is 9.69. The van der Waals surface area contributed by atoms with Crippen molar-refractivity contribution < 1.29 is 4.79 Å². The molecule has 0 aromatic heterocycles. The number of carbonyl (C=O) groups excluding carboxylic acids is 1. The molecule has 1 aliphatic carbocycles. The summed E-state index contributed by atoms with van der Waals surface area (Å²) in [4.78, 5) is 15.0. The Morgan fingerprint density at radius 1 is 1.32 bits per heavy atom. The first kappa shape index (κ1) is 17.6. The van der Waals surface area contributed by atoms with Crippen LogP contribution < -0.4 is 5.73 Å². The van der Waals surface area contributed by atoms with Crippen LogP contribution in [0.4, 0.5) is 5.69 Å². The Kier molecular flexibility index (Phi) is 4.58. The highest BCUT2D eigenvalue weighted by Crippen LogP contribution is 2.52. The zero-order chi connectivity index (χ0) is 15.4. The summed E-state index contributed by atoms with van der Waals surface area (Å²) in [5.74, 6) is 0.0893. The van der Waals surface area contributed by atoms with Crippen LogP contribution >= 0.6 is 28.3 Å². The van der Waals surface area contributed by atoms with E-state index in [1.807, 2.05) is 12.1 Å². The number of likely N-dealkylation sites (tertiary alicyclic amines) is 1. The van der Waals surface area contributed by atoms with Crippen LogP contribution in [-0.2, 0) is 0 Å². The van der Waals surface area contributed by atoms with Crippen molar-refractivity contribution >= 4 is 39.9 Å². The molecule has 2 N–H and O–H groups in total. The minimum Gasteiger partial charge on any atom is -0.398 e. The Hall–Kier alpha value is -0.740. The molecule has 1 saturated carbocycles.